The lowest BCUT2D eigenvalue weighted by Crippen LogP contribution is -2.36. The highest BCUT2D eigenvalue weighted by molar-refractivity contribution is 6.07. The van der Waals surface area contributed by atoms with Gasteiger partial charge in [-0.15, -0.1) is 0 Å². The van der Waals surface area contributed by atoms with Crippen molar-refractivity contribution in [2.45, 2.75) is 13.0 Å². The normalized spacial score (nSPS) is 13.5. The number of rotatable bonds is 2. The van der Waals surface area contributed by atoms with Crippen LogP contribution in [0.2, 0.25) is 0 Å². The van der Waals surface area contributed by atoms with Gasteiger partial charge in [-0.3, -0.25) is 9.48 Å². The number of hydrogen-bond donors (Lipinski definition) is 0. The minimum Gasteiger partial charge on any atom is -0.464 e. The van der Waals surface area contributed by atoms with Crippen molar-refractivity contribution in [2.75, 3.05) is 13.7 Å². The lowest BCUT2D eigenvalue weighted by atomic mass is 10.0. The number of aryl methyl sites for hydroxylation is 1. The predicted octanol–water partition coefficient (Wildman–Crippen LogP) is 2.56. The molecule has 3 aromatic rings. The standard InChI is InChI=1S/C20H19N3O3/c1-22-17-12-23(11-10-16(17)18(21-22)20(25)26-2)19(24)15-9-5-7-13-6-3-4-8-14(13)15/h3-9H,10-12H2,1-2H3. The average molecular weight is 349 g/mol. The number of hydrogen-bond acceptors (Lipinski definition) is 4. The van der Waals surface area contributed by atoms with E-state index < -0.39 is 5.97 Å². The summed E-state index contributed by atoms with van der Waals surface area (Å²) < 4.78 is 6.48. The predicted molar refractivity (Wildman–Crippen MR) is 96.9 cm³/mol. The number of benzene rings is 2. The second kappa shape index (κ2) is 6.29. The molecule has 1 amide bonds. The van der Waals surface area contributed by atoms with Crippen LogP contribution in [0.3, 0.4) is 0 Å². The van der Waals surface area contributed by atoms with Crippen molar-refractivity contribution >= 4 is 22.6 Å². The molecule has 26 heavy (non-hydrogen) atoms. The fourth-order valence-electron chi connectivity index (χ4n) is 3.59. The zero-order chi connectivity index (χ0) is 18.3. The van der Waals surface area contributed by atoms with E-state index in [1.165, 1.54) is 7.11 Å². The minimum absolute atomic E-state index is 0.00623. The summed E-state index contributed by atoms with van der Waals surface area (Å²) in [7, 11) is 3.14. The zero-order valence-electron chi connectivity index (χ0n) is 14.7. The van der Waals surface area contributed by atoms with Crippen LogP contribution in [0, 0.1) is 0 Å². The van der Waals surface area contributed by atoms with Gasteiger partial charge in [0.1, 0.15) is 0 Å². The van der Waals surface area contributed by atoms with Crippen LogP contribution in [-0.2, 0) is 24.8 Å². The Balaban J connectivity index is 1.68. The van der Waals surface area contributed by atoms with Crippen LogP contribution >= 0.6 is 0 Å². The van der Waals surface area contributed by atoms with Crippen molar-refractivity contribution in [1.82, 2.24) is 14.7 Å². The molecule has 1 aliphatic rings. The van der Waals surface area contributed by atoms with Crippen molar-refractivity contribution in [3.8, 4) is 0 Å². The van der Waals surface area contributed by atoms with Crippen LogP contribution < -0.4 is 0 Å². The zero-order valence-corrected chi connectivity index (χ0v) is 14.7. The fourth-order valence-corrected chi connectivity index (χ4v) is 3.59. The molecular formula is C20H19N3O3. The third-order valence-electron chi connectivity index (χ3n) is 4.93. The average Bonchev–Trinajstić information content (AvgIpc) is 3.02. The maximum atomic E-state index is 13.1. The number of carbonyl (C=O) groups is 2. The molecule has 0 atom stereocenters. The Morgan fingerprint density at radius 2 is 1.88 bits per heavy atom. The van der Waals surface area contributed by atoms with Gasteiger partial charge >= 0.3 is 5.97 Å². The Morgan fingerprint density at radius 1 is 1.12 bits per heavy atom. The molecule has 1 aromatic heterocycles. The quantitative estimate of drug-likeness (QED) is 0.667. The second-order valence-corrected chi connectivity index (χ2v) is 6.39. The molecule has 2 heterocycles. The molecule has 0 N–H and O–H groups in total. The maximum absolute atomic E-state index is 13.1. The number of fused-ring (bicyclic) bond motifs is 2. The van der Waals surface area contributed by atoms with Gasteiger partial charge in [-0.2, -0.15) is 5.10 Å². The molecular weight excluding hydrogens is 330 g/mol. The SMILES string of the molecule is COC(=O)c1nn(C)c2c1CCN(C(=O)c1cccc3ccccc13)C2. The van der Waals surface area contributed by atoms with E-state index in [4.69, 9.17) is 4.74 Å². The van der Waals surface area contributed by atoms with Gasteiger partial charge in [0, 0.05) is 24.7 Å². The van der Waals surface area contributed by atoms with Crippen LogP contribution in [0.25, 0.3) is 10.8 Å². The van der Waals surface area contributed by atoms with Gasteiger partial charge in [0.15, 0.2) is 5.69 Å². The van der Waals surface area contributed by atoms with E-state index in [1.807, 2.05) is 47.4 Å². The van der Waals surface area contributed by atoms with E-state index in [1.54, 1.807) is 11.7 Å². The molecule has 0 unspecified atom stereocenters. The number of nitrogens with zero attached hydrogens (tertiary/aromatic N) is 3. The number of carbonyl (C=O) groups excluding carboxylic acids is 2. The highest BCUT2D eigenvalue weighted by Crippen LogP contribution is 2.26. The van der Waals surface area contributed by atoms with Crippen LogP contribution in [0.1, 0.15) is 32.1 Å². The third kappa shape index (κ3) is 2.54. The fraction of sp³-hybridized carbons (Fsp3) is 0.250. The molecule has 1 aliphatic heterocycles. The first-order valence-electron chi connectivity index (χ1n) is 8.50. The molecule has 0 saturated carbocycles. The largest absolute Gasteiger partial charge is 0.464 e. The van der Waals surface area contributed by atoms with Gasteiger partial charge in [0.25, 0.3) is 5.91 Å². The molecule has 0 saturated heterocycles. The number of methoxy groups -OCH3 is 1. The Labute approximate surface area is 151 Å². The lowest BCUT2D eigenvalue weighted by molar-refractivity contribution is 0.0591. The molecule has 2 aromatic carbocycles. The van der Waals surface area contributed by atoms with E-state index in [9.17, 15) is 9.59 Å². The maximum Gasteiger partial charge on any atom is 0.358 e. The smallest absolute Gasteiger partial charge is 0.358 e. The first-order chi connectivity index (χ1) is 12.6. The molecule has 6 heteroatoms. The molecule has 0 radical (unpaired) electrons. The minimum atomic E-state index is -0.435. The second-order valence-electron chi connectivity index (χ2n) is 6.39. The van der Waals surface area contributed by atoms with Crippen LogP contribution in [0.4, 0.5) is 0 Å². The van der Waals surface area contributed by atoms with Crippen LogP contribution in [0.15, 0.2) is 42.5 Å². The highest BCUT2D eigenvalue weighted by Gasteiger charge is 2.30. The third-order valence-corrected chi connectivity index (χ3v) is 4.93. The summed E-state index contributed by atoms with van der Waals surface area (Å²) >= 11 is 0. The Morgan fingerprint density at radius 3 is 2.69 bits per heavy atom. The van der Waals surface area contributed by atoms with E-state index >= 15 is 0 Å². The Hall–Kier alpha value is -3.15. The van der Waals surface area contributed by atoms with Crippen molar-refractivity contribution in [3.05, 3.63) is 65.0 Å². The van der Waals surface area contributed by atoms with Crippen molar-refractivity contribution in [3.63, 3.8) is 0 Å². The molecule has 6 nitrogen and oxygen atoms in total. The topological polar surface area (TPSA) is 64.4 Å². The molecule has 0 aliphatic carbocycles. The number of aromatic nitrogens is 2. The van der Waals surface area contributed by atoms with Crippen LogP contribution in [-0.4, -0.2) is 40.2 Å². The molecule has 4 rings (SSSR count). The van der Waals surface area contributed by atoms with E-state index in [-0.39, 0.29) is 5.91 Å². The van der Waals surface area contributed by atoms with Crippen LogP contribution in [0.5, 0.6) is 0 Å². The summed E-state index contributed by atoms with van der Waals surface area (Å²) in [6.45, 7) is 0.975. The number of amides is 1. The Bertz CT molecular complexity index is 1020. The van der Waals surface area contributed by atoms with Gasteiger partial charge in [0.05, 0.1) is 19.3 Å². The van der Waals surface area contributed by atoms with E-state index in [0.717, 1.165) is 22.0 Å². The van der Waals surface area contributed by atoms with E-state index in [2.05, 4.69) is 5.10 Å². The highest BCUT2D eigenvalue weighted by atomic mass is 16.5. The molecule has 0 fully saturated rings. The Kier molecular flexibility index (Phi) is 3.95. The number of esters is 1. The van der Waals surface area contributed by atoms with Crippen molar-refractivity contribution in [2.24, 2.45) is 7.05 Å². The molecule has 0 bridgehead atoms. The summed E-state index contributed by atoms with van der Waals surface area (Å²) in [6, 6.07) is 13.7. The summed E-state index contributed by atoms with van der Waals surface area (Å²) in [6.07, 6.45) is 0.587. The monoisotopic (exact) mass is 349 g/mol. The van der Waals surface area contributed by atoms with Gasteiger partial charge in [-0.25, -0.2) is 4.79 Å². The van der Waals surface area contributed by atoms with Gasteiger partial charge in [-0.05, 0) is 23.3 Å². The molecule has 132 valence electrons. The van der Waals surface area contributed by atoms with Crippen molar-refractivity contribution < 1.29 is 14.3 Å². The summed E-state index contributed by atoms with van der Waals surface area (Å²) in [4.78, 5) is 26.9. The van der Waals surface area contributed by atoms with E-state index in [0.29, 0.717) is 30.8 Å². The number of ether oxygens (including phenoxy) is 1. The van der Waals surface area contributed by atoms with Gasteiger partial charge in [-0.1, -0.05) is 36.4 Å². The van der Waals surface area contributed by atoms with Crippen molar-refractivity contribution in [1.29, 1.82) is 0 Å². The molecule has 0 spiro atoms. The lowest BCUT2D eigenvalue weighted by Gasteiger charge is -2.28. The first-order valence-corrected chi connectivity index (χ1v) is 8.50. The van der Waals surface area contributed by atoms with Gasteiger partial charge < -0.3 is 9.64 Å². The summed E-state index contributed by atoms with van der Waals surface area (Å²) in [5, 5.41) is 6.28. The van der Waals surface area contributed by atoms with Gasteiger partial charge in [0.2, 0.25) is 0 Å². The summed E-state index contributed by atoms with van der Waals surface area (Å²) in [5.74, 6) is -0.441. The first kappa shape index (κ1) is 16.3. The summed E-state index contributed by atoms with van der Waals surface area (Å²) in [5.41, 5.74) is 2.80.